The zero-order chi connectivity index (χ0) is 14.3. The lowest BCUT2D eigenvalue weighted by molar-refractivity contribution is -0.123. The van der Waals surface area contributed by atoms with Crippen LogP contribution in [0.4, 0.5) is 0 Å². The van der Waals surface area contributed by atoms with Crippen LogP contribution in [0, 0.1) is 13.8 Å². The Morgan fingerprint density at radius 3 is 2.58 bits per heavy atom. The van der Waals surface area contributed by atoms with Crippen LogP contribution in [-0.2, 0) is 4.79 Å². The lowest BCUT2D eigenvalue weighted by Crippen LogP contribution is -2.36. The number of aryl methyl sites for hydroxylation is 2. The molecule has 1 unspecified atom stereocenters. The molecule has 1 atom stereocenters. The SMILES string of the molecule is Cc1cccc(C)c1OCC(=O)NC(C)CCCO. The summed E-state index contributed by atoms with van der Waals surface area (Å²) >= 11 is 0. The van der Waals surface area contributed by atoms with E-state index in [-0.39, 0.29) is 25.2 Å². The van der Waals surface area contributed by atoms with E-state index in [1.165, 1.54) is 0 Å². The van der Waals surface area contributed by atoms with Crippen molar-refractivity contribution in [2.24, 2.45) is 0 Å². The summed E-state index contributed by atoms with van der Waals surface area (Å²) in [6.45, 7) is 6.02. The molecule has 0 spiro atoms. The van der Waals surface area contributed by atoms with Crippen molar-refractivity contribution in [3.8, 4) is 5.75 Å². The number of carbonyl (C=O) groups is 1. The molecule has 106 valence electrons. The molecule has 0 bridgehead atoms. The van der Waals surface area contributed by atoms with Crippen LogP contribution in [0.25, 0.3) is 0 Å². The van der Waals surface area contributed by atoms with Crippen molar-refractivity contribution in [1.82, 2.24) is 5.32 Å². The van der Waals surface area contributed by atoms with Gasteiger partial charge in [-0.05, 0) is 44.7 Å². The maximum absolute atomic E-state index is 11.7. The van der Waals surface area contributed by atoms with Crippen molar-refractivity contribution < 1.29 is 14.6 Å². The number of aliphatic hydroxyl groups excluding tert-OH is 1. The Bertz CT molecular complexity index is 398. The highest BCUT2D eigenvalue weighted by atomic mass is 16.5. The van der Waals surface area contributed by atoms with Gasteiger partial charge in [-0.15, -0.1) is 0 Å². The molecule has 0 heterocycles. The third-order valence-corrected chi connectivity index (χ3v) is 2.96. The highest BCUT2D eigenvalue weighted by molar-refractivity contribution is 5.77. The molecular formula is C15H23NO3. The molecule has 1 rings (SSSR count). The van der Waals surface area contributed by atoms with E-state index >= 15 is 0 Å². The number of para-hydroxylation sites is 1. The van der Waals surface area contributed by atoms with Gasteiger partial charge in [0.2, 0.25) is 0 Å². The molecule has 1 aromatic carbocycles. The van der Waals surface area contributed by atoms with Gasteiger partial charge >= 0.3 is 0 Å². The molecule has 0 aliphatic heterocycles. The maximum atomic E-state index is 11.7. The number of carbonyl (C=O) groups excluding carboxylic acids is 1. The molecule has 4 heteroatoms. The number of hydrogen-bond acceptors (Lipinski definition) is 3. The van der Waals surface area contributed by atoms with E-state index in [2.05, 4.69) is 5.32 Å². The molecule has 0 aromatic heterocycles. The van der Waals surface area contributed by atoms with Crippen molar-refractivity contribution in [1.29, 1.82) is 0 Å². The van der Waals surface area contributed by atoms with Crippen LogP contribution >= 0.6 is 0 Å². The van der Waals surface area contributed by atoms with Gasteiger partial charge in [-0.25, -0.2) is 0 Å². The van der Waals surface area contributed by atoms with Crippen molar-refractivity contribution >= 4 is 5.91 Å². The standard InChI is InChI=1S/C15H23NO3/c1-11-6-4-7-12(2)15(11)19-10-14(18)16-13(3)8-5-9-17/h4,6-7,13,17H,5,8-10H2,1-3H3,(H,16,18). The van der Waals surface area contributed by atoms with Crippen molar-refractivity contribution in [2.75, 3.05) is 13.2 Å². The fraction of sp³-hybridized carbons (Fsp3) is 0.533. The summed E-state index contributed by atoms with van der Waals surface area (Å²) in [6.07, 6.45) is 1.46. The number of ether oxygens (including phenoxy) is 1. The second-order valence-electron chi connectivity index (χ2n) is 4.84. The van der Waals surface area contributed by atoms with Gasteiger partial charge in [0.25, 0.3) is 5.91 Å². The van der Waals surface area contributed by atoms with Gasteiger partial charge in [0.05, 0.1) is 0 Å². The lowest BCUT2D eigenvalue weighted by atomic mass is 10.1. The van der Waals surface area contributed by atoms with Crippen LogP contribution in [0.1, 0.15) is 30.9 Å². The van der Waals surface area contributed by atoms with Gasteiger partial charge < -0.3 is 15.2 Å². The van der Waals surface area contributed by atoms with Crippen LogP contribution in [-0.4, -0.2) is 30.3 Å². The van der Waals surface area contributed by atoms with Crippen molar-refractivity contribution in [3.63, 3.8) is 0 Å². The topological polar surface area (TPSA) is 58.6 Å². The third-order valence-electron chi connectivity index (χ3n) is 2.96. The average molecular weight is 265 g/mol. The van der Waals surface area contributed by atoms with Crippen LogP contribution in [0.15, 0.2) is 18.2 Å². The predicted octanol–water partition coefficient (Wildman–Crippen LogP) is 1.96. The van der Waals surface area contributed by atoms with E-state index in [1.54, 1.807) is 0 Å². The van der Waals surface area contributed by atoms with E-state index in [9.17, 15) is 4.79 Å². The van der Waals surface area contributed by atoms with Crippen LogP contribution in [0.2, 0.25) is 0 Å². The monoisotopic (exact) mass is 265 g/mol. The smallest absolute Gasteiger partial charge is 0.258 e. The van der Waals surface area contributed by atoms with Gasteiger partial charge in [0.15, 0.2) is 6.61 Å². The molecule has 0 aliphatic rings. The first-order chi connectivity index (χ1) is 9.04. The number of rotatable bonds is 7. The molecule has 19 heavy (non-hydrogen) atoms. The summed E-state index contributed by atoms with van der Waals surface area (Å²) in [5.41, 5.74) is 2.06. The second-order valence-corrected chi connectivity index (χ2v) is 4.84. The fourth-order valence-corrected chi connectivity index (χ4v) is 1.95. The van der Waals surface area contributed by atoms with E-state index in [0.29, 0.717) is 6.42 Å². The molecule has 0 saturated heterocycles. The Morgan fingerprint density at radius 2 is 2.00 bits per heavy atom. The Hall–Kier alpha value is -1.55. The molecular weight excluding hydrogens is 242 g/mol. The highest BCUT2D eigenvalue weighted by Gasteiger charge is 2.09. The zero-order valence-electron chi connectivity index (χ0n) is 11.9. The Balaban J connectivity index is 2.42. The van der Waals surface area contributed by atoms with Crippen LogP contribution < -0.4 is 10.1 Å². The molecule has 4 nitrogen and oxygen atoms in total. The molecule has 0 fully saturated rings. The minimum atomic E-state index is -0.131. The molecule has 0 radical (unpaired) electrons. The van der Waals surface area contributed by atoms with E-state index < -0.39 is 0 Å². The number of benzene rings is 1. The molecule has 0 aliphatic carbocycles. The Morgan fingerprint density at radius 1 is 1.37 bits per heavy atom. The summed E-state index contributed by atoms with van der Waals surface area (Å²) in [4.78, 5) is 11.7. The van der Waals surface area contributed by atoms with E-state index in [1.807, 2.05) is 39.0 Å². The van der Waals surface area contributed by atoms with Crippen LogP contribution in [0.5, 0.6) is 5.75 Å². The highest BCUT2D eigenvalue weighted by Crippen LogP contribution is 2.21. The third kappa shape index (κ3) is 5.30. The first kappa shape index (κ1) is 15.5. The Labute approximate surface area is 114 Å². The van der Waals surface area contributed by atoms with Gasteiger partial charge in [0.1, 0.15) is 5.75 Å². The quantitative estimate of drug-likeness (QED) is 0.792. The van der Waals surface area contributed by atoms with Gasteiger partial charge in [-0.3, -0.25) is 4.79 Å². The summed E-state index contributed by atoms with van der Waals surface area (Å²) in [7, 11) is 0. The van der Waals surface area contributed by atoms with Crippen LogP contribution in [0.3, 0.4) is 0 Å². The summed E-state index contributed by atoms with van der Waals surface area (Å²) in [5.74, 6) is 0.647. The average Bonchev–Trinajstić information content (AvgIpc) is 2.35. The molecule has 1 amide bonds. The largest absolute Gasteiger partial charge is 0.483 e. The molecule has 2 N–H and O–H groups in total. The van der Waals surface area contributed by atoms with Gasteiger partial charge in [-0.1, -0.05) is 18.2 Å². The second kappa shape index (κ2) is 7.79. The predicted molar refractivity (Wildman–Crippen MR) is 75.3 cm³/mol. The number of hydrogen-bond donors (Lipinski definition) is 2. The maximum Gasteiger partial charge on any atom is 0.258 e. The lowest BCUT2D eigenvalue weighted by Gasteiger charge is -2.15. The van der Waals surface area contributed by atoms with Gasteiger partial charge in [-0.2, -0.15) is 0 Å². The van der Waals surface area contributed by atoms with E-state index in [4.69, 9.17) is 9.84 Å². The number of aliphatic hydroxyl groups is 1. The first-order valence-corrected chi connectivity index (χ1v) is 6.63. The minimum Gasteiger partial charge on any atom is -0.483 e. The van der Waals surface area contributed by atoms with Crippen molar-refractivity contribution in [2.45, 2.75) is 39.7 Å². The number of amides is 1. The number of nitrogens with one attached hydrogen (secondary N) is 1. The van der Waals surface area contributed by atoms with E-state index in [0.717, 1.165) is 23.3 Å². The Kier molecular flexibility index (Phi) is 6.36. The summed E-state index contributed by atoms with van der Waals surface area (Å²) < 4.78 is 5.57. The molecule has 1 aromatic rings. The normalized spacial score (nSPS) is 12.0. The van der Waals surface area contributed by atoms with Gasteiger partial charge in [0, 0.05) is 12.6 Å². The summed E-state index contributed by atoms with van der Waals surface area (Å²) in [5, 5.41) is 11.6. The van der Waals surface area contributed by atoms with Crippen molar-refractivity contribution in [3.05, 3.63) is 29.3 Å². The minimum absolute atomic E-state index is 0.0230. The first-order valence-electron chi connectivity index (χ1n) is 6.63. The zero-order valence-corrected chi connectivity index (χ0v) is 11.9. The summed E-state index contributed by atoms with van der Waals surface area (Å²) in [6, 6.07) is 5.95. The molecule has 0 saturated carbocycles. The fourth-order valence-electron chi connectivity index (χ4n) is 1.95.